The van der Waals surface area contributed by atoms with Gasteiger partial charge in [-0.05, 0) is 24.6 Å². The summed E-state index contributed by atoms with van der Waals surface area (Å²) >= 11 is 0. The molecule has 12 heteroatoms. The summed E-state index contributed by atoms with van der Waals surface area (Å²) in [6.45, 7) is 7.77. The van der Waals surface area contributed by atoms with E-state index in [-0.39, 0.29) is 36.1 Å². The molecule has 2 N–H and O–H groups in total. The van der Waals surface area contributed by atoms with Crippen molar-refractivity contribution < 1.29 is 35.9 Å². The number of aryl methyl sites for hydroxylation is 1. The van der Waals surface area contributed by atoms with Crippen molar-refractivity contribution in [3.05, 3.63) is 23.8 Å². The second kappa shape index (κ2) is 15.8. The van der Waals surface area contributed by atoms with Crippen molar-refractivity contribution in [1.29, 1.82) is 0 Å². The maximum absolute atomic E-state index is 12.4. The summed E-state index contributed by atoms with van der Waals surface area (Å²) in [5, 5.41) is 0. The van der Waals surface area contributed by atoms with E-state index in [0.717, 1.165) is 6.07 Å². The van der Waals surface area contributed by atoms with Crippen LogP contribution in [0.4, 0.5) is 0 Å². The molecular formula is C21H36N2O8S2. The van der Waals surface area contributed by atoms with Crippen molar-refractivity contribution in [2.24, 2.45) is 0 Å². The largest absolute Gasteiger partial charge is 0.464 e. The van der Waals surface area contributed by atoms with E-state index in [4.69, 9.17) is 0 Å². The number of ether oxygens (including phenoxy) is 2. The molecule has 0 aliphatic heterocycles. The SMILES string of the molecule is CC(=O)OCCNS(=O)(=O)c1ccc(C)c(S(=O)(=O)NCCOC(C)=O)c1.CCCCCC. The Balaban J connectivity index is 0.00000150. The van der Waals surface area contributed by atoms with Gasteiger partial charge in [0.1, 0.15) is 13.2 Å². The highest BCUT2D eigenvalue weighted by molar-refractivity contribution is 7.90. The number of carbonyl (C=O) groups is 2. The molecule has 10 nitrogen and oxygen atoms in total. The van der Waals surface area contributed by atoms with Crippen LogP contribution >= 0.6 is 0 Å². The molecule has 190 valence electrons. The predicted octanol–water partition coefficient (Wildman–Crippen LogP) is 2.26. The molecule has 0 amide bonds. The van der Waals surface area contributed by atoms with Crippen molar-refractivity contribution >= 4 is 32.0 Å². The van der Waals surface area contributed by atoms with E-state index in [2.05, 4.69) is 32.8 Å². The lowest BCUT2D eigenvalue weighted by Crippen LogP contribution is -2.30. The lowest BCUT2D eigenvalue weighted by molar-refractivity contribution is -0.141. The Morgan fingerprint density at radius 2 is 1.27 bits per heavy atom. The first-order valence-electron chi connectivity index (χ1n) is 10.7. The van der Waals surface area contributed by atoms with Gasteiger partial charge in [-0.3, -0.25) is 9.59 Å². The maximum Gasteiger partial charge on any atom is 0.302 e. The first kappa shape index (κ1) is 31.0. The van der Waals surface area contributed by atoms with Crippen molar-refractivity contribution in [2.45, 2.75) is 70.1 Å². The molecule has 33 heavy (non-hydrogen) atoms. The lowest BCUT2D eigenvalue weighted by atomic mass is 10.2. The average Bonchev–Trinajstić information content (AvgIpc) is 2.73. The zero-order chi connectivity index (χ0) is 25.5. The Labute approximate surface area is 197 Å². The van der Waals surface area contributed by atoms with Crippen LogP contribution in [0, 0.1) is 6.92 Å². The molecular weight excluding hydrogens is 472 g/mol. The number of nitrogens with one attached hydrogen (secondary N) is 2. The summed E-state index contributed by atoms with van der Waals surface area (Å²) in [4.78, 5) is 20.9. The Hall–Kier alpha value is -2.02. The van der Waals surface area contributed by atoms with Crippen LogP contribution in [0.15, 0.2) is 28.0 Å². The summed E-state index contributed by atoms with van der Waals surface area (Å²) < 4.78 is 63.1. The fraction of sp³-hybridized carbons (Fsp3) is 0.619. The van der Waals surface area contributed by atoms with Crippen LogP contribution in [0.25, 0.3) is 0 Å². The molecule has 1 aromatic rings. The van der Waals surface area contributed by atoms with Gasteiger partial charge in [0.2, 0.25) is 20.0 Å². The summed E-state index contributed by atoms with van der Waals surface area (Å²) in [7, 11) is -8.01. The van der Waals surface area contributed by atoms with Crippen LogP contribution in [-0.2, 0) is 39.1 Å². The van der Waals surface area contributed by atoms with Gasteiger partial charge < -0.3 is 9.47 Å². The number of hydrogen-bond acceptors (Lipinski definition) is 8. The molecule has 0 aromatic heterocycles. The number of benzene rings is 1. The number of carbonyl (C=O) groups excluding carboxylic acids is 2. The maximum atomic E-state index is 12.4. The van der Waals surface area contributed by atoms with Crippen molar-refractivity contribution in [2.75, 3.05) is 26.3 Å². The molecule has 0 bridgehead atoms. The lowest BCUT2D eigenvalue weighted by Gasteiger charge is -2.12. The molecule has 0 atom stereocenters. The Bertz CT molecular complexity index is 956. The fourth-order valence-electron chi connectivity index (χ4n) is 2.44. The van der Waals surface area contributed by atoms with Gasteiger partial charge in [-0.1, -0.05) is 45.6 Å². The second-order valence-electron chi connectivity index (χ2n) is 7.11. The van der Waals surface area contributed by atoms with E-state index < -0.39 is 32.0 Å². The van der Waals surface area contributed by atoms with Gasteiger partial charge in [-0.15, -0.1) is 0 Å². The highest BCUT2D eigenvalue weighted by Crippen LogP contribution is 2.20. The number of esters is 2. The molecule has 0 fully saturated rings. The summed E-state index contributed by atoms with van der Waals surface area (Å²) in [6, 6.07) is 3.65. The number of unbranched alkanes of at least 4 members (excludes halogenated alkanes) is 3. The quantitative estimate of drug-likeness (QED) is 0.305. The molecule has 0 saturated heterocycles. The van der Waals surface area contributed by atoms with Gasteiger partial charge in [-0.25, -0.2) is 26.3 Å². The topological polar surface area (TPSA) is 145 Å². The highest BCUT2D eigenvalue weighted by Gasteiger charge is 2.21. The number of sulfonamides is 2. The van der Waals surface area contributed by atoms with Crippen LogP contribution < -0.4 is 9.44 Å². The second-order valence-corrected chi connectivity index (χ2v) is 10.6. The van der Waals surface area contributed by atoms with Crippen LogP contribution in [0.2, 0.25) is 0 Å². The monoisotopic (exact) mass is 508 g/mol. The zero-order valence-corrected chi connectivity index (χ0v) is 21.6. The smallest absolute Gasteiger partial charge is 0.302 e. The summed E-state index contributed by atoms with van der Waals surface area (Å²) in [5.41, 5.74) is 0.342. The molecule has 1 rings (SSSR count). The predicted molar refractivity (Wildman–Crippen MR) is 125 cm³/mol. The molecule has 0 saturated carbocycles. The van der Waals surface area contributed by atoms with Gasteiger partial charge in [0.05, 0.1) is 9.79 Å². The van der Waals surface area contributed by atoms with Crippen molar-refractivity contribution in [3.63, 3.8) is 0 Å². The Morgan fingerprint density at radius 1 is 0.818 bits per heavy atom. The van der Waals surface area contributed by atoms with Crippen LogP contribution in [0.3, 0.4) is 0 Å². The third-order valence-corrected chi connectivity index (χ3v) is 7.18. The molecule has 0 spiro atoms. The van der Waals surface area contributed by atoms with Gasteiger partial charge in [-0.2, -0.15) is 0 Å². The normalized spacial score (nSPS) is 11.3. The van der Waals surface area contributed by atoms with E-state index in [9.17, 15) is 26.4 Å². The zero-order valence-electron chi connectivity index (χ0n) is 20.0. The van der Waals surface area contributed by atoms with E-state index in [1.807, 2.05) is 0 Å². The molecule has 0 radical (unpaired) electrons. The Kier molecular flexibility index (Phi) is 14.8. The van der Waals surface area contributed by atoms with Gasteiger partial charge >= 0.3 is 11.9 Å². The van der Waals surface area contributed by atoms with Crippen molar-refractivity contribution in [3.8, 4) is 0 Å². The van der Waals surface area contributed by atoms with E-state index in [1.54, 1.807) is 0 Å². The van der Waals surface area contributed by atoms with Gasteiger partial charge in [0.15, 0.2) is 0 Å². The minimum atomic E-state index is -4.01. The van der Waals surface area contributed by atoms with Crippen molar-refractivity contribution in [1.82, 2.24) is 9.44 Å². The van der Waals surface area contributed by atoms with E-state index in [1.165, 1.54) is 58.6 Å². The minimum Gasteiger partial charge on any atom is -0.464 e. The van der Waals surface area contributed by atoms with E-state index >= 15 is 0 Å². The minimum absolute atomic E-state index is 0.149. The first-order chi connectivity index (χ1) is 15.4. The fourth-order valence-corrected chi connectivity index (χ4v) is 4.83. The third kappa shape index (κ3) is 13.3. The molecule has 1 aromatic carbocycles. The van der Waals surface area contributed by atoms with Gasteiger partial charge in [0.25, 0.3) is 0 Å². The van der Waals surface area contributed by atoms with E-state index in [0.29, 0.717) is 5.56 Å². The average molecular weight is 509 g/mol. The van der Waals surface area contributed by atoms with Crippen LogP contribution in [0.5, 0.6) is 0 Å². The molecule has 0 aliphatic carbocycles. The third-order valence-electron chi connectivity index (χ3n) is 4.12. The molecule has 0 heterocycles. The number of hydrogen-bond donors (Lipinski definition) is 2. The summed E-state index contributed by atoms with van der Waals surface area (Å²) in [6.07, 6.45) is 5.54. The summed E-state index contributed by atoms with van der Waals surface area (Å²) in [5.74, 6) is -1.09. The Morgan fingerprint density at radius 3 is 1.70 bits per heavy atom. The van der Waals surface area contributed by atoms with Gasteiger partial charge in [0, 0.05) is 26.9 Å². The number of rotatable bonds is 13. The highest BCUT2D eigenvalue weighted by atomic mass is 32.2. The standard InChI is InChI=1S/C15H22N2O8S2.C6H14/c1-11-4-5-14(26(20,21)16-6-8-24-12(2)18)10-15(11)27(22,23)17-7-9-25-13(3)19;1-3-5-6-4-2/h4-5,10,16-17H,6-9H2,1-3H3;3-6H2,1-2H3. The molecule has 0 unspecified atom stereocenters. The van der Waals surface area contributed by atoms with Crippen LogP contribution in [-0.4, -0.2) is 55.1 Å². The first-order valence-corrected chi connectivity index (χ1v) is 13.7. The van der Waals surface area contributed by atoms with Crippen LogP contribution in [0.1, 0.15) is 58.9 Å². The molecule has 0 aliphatic rings.